The number of imidazole rings is 1. The largest absolute Gasteiger partial charge is 0.388 e. The van der Waals surface area contributed by atoms with Crippen LogP contribution in [0.4, 0.5) is 15.9 Å². The number of fused-ring (bicyclic) bond motifs is 1. The Bertz CT molecular complexity index is 1140. The Kier molecular flexibility index (Phi) is 9.29. The third-order valence-electron chi connectivity index (χ3n) is 5.40. The number of halogens is 2. The maximum Gasteiger partial charge on any atom is 0.256 e. The van der Waals surface area contributed by atoms with E-state index < -0.39 is 6.17 Å². The lowest BCUT2D eigenvalue weighted by atomic mass is 10.1. The highest BCUT2D eigenvalue weighted by Gasteiger charge is 2.32. The molecule has 180 valence electrons. The summed E-state index contributed by atoms with van der Waals surface area (Å²) < 4.78 is 15.5. The highest BCUT2D eigenvalue weighted by Crippen LogP contribution is 2.31. The van der Waals surface area contributed by atoms with Crippen LogP contribution in [0.3, 0.4) is 0 Å². The lowest BCUT2D eigenvalue weighted by molar-refractivity contribution is 0.102. The Balaban J connectivity index is 0.00000141. The van der Waals surface area contributed by atoms with Gasteiger partial charge < -0.3 is 20.4 Å². The van der Waals surface area contributed by atoms with Gasteiger partial charge in [-0.2, -0.15) is 0 Å². The predicted octanol–water partition coefficient (Wildman–Crippen LogP) is 5.02. The summed E-state index contributed by atoms with van der Waals surface area (Å²) in [6.45, 7) is 6.11. The van der Waals surface area contributed by atoms with Gasteiger partial charge in [-0.05, 0) is 26.1 Å². The smallest absolute Gasteiger partial charge is 0.256 e. The maximum atomic E-state index is 13.7. The molecule has 1 aromatic carbocycles. The molecule has 1 saturated heterocycles. The number of anilines is 2. The molecule has 1 aliphatic heterocycles. The quantitative estimate of drug-likeness (QED) is 0.296. The average molecular weight is 569 g/mol. The normalized spacial score (nSPS) is 17.6. The summed E-state index contributed by atoms with van der Waals surface area (Å²) in [4.78, 5) is 23.5. The molecule has 0 saturated carbocycles. The lowest BCUT2D eigenvalue weighted by Crippen LogP contribution is -2.18. The number of amides is 1. The fourth-order valence-electron chi connectivity index (χ4n) is 3.83. The van der Waals surface area contributed by atoms with E-state index in [2.05, 4.69) is 20.6 Å². The highest BCUT2D eigenvalue weighted by atomic mass is 127. The highest BCUT2D eigenvalue weighted by molar-refractivity contribution is 14.0. The van der Waals surface area contributed by atoms with Gasteiger partial charge in [0.05, 0.1) is 24.1 Å². The van der Waals surface area contributed by atoms with Crippen LogP contribution < -0.4 is 10.6 Å². The molecule has 3 heterocycles. The van der Waals surface area contributed by atoms with E-state index in [-0.39, 0.29) is 37.4 Å². The van der Waals surface area contributed by atoms with Crippen LogP contribution in [0.2, 0.25) is 0 Å². The fraction of sp³-hybridized carbons (Fsp3) is 0.391. The molecule has 10 heteroatoms. The number of rotatable bonds is 5. The Morgan fingerprint density at radius 2 is 2.03 bits per heavy atom. The molecule has 0 radical (unpaired) electrons. The molecule has 1 amide bonds. The van der Waals surface area contributed by atoms with E-state index in [4.69, 9.17) is 5.41 Å². The lowest BCUT2D eigenvalue weighted by Gasteiger charge is -2.15. The molecular weight excluding hydrogens is 536 g/mol. The zero-order valence-corrected chi connectivity index (χ0v) is 21.8. The SMILES string of the molecule is CC.CNc1cc(C(=O)Nc2cn3cc([C@H]4C[C@H](F)CN4C)nc3cn2)ccc1C(C)=N.I.[HH]. The van der Waals surface area contributed by atoms with Gasteiger partial charge in [-0.3, -0.25) is 9.69 Å². The van der Waals surface area contributed by atoms with Crippen LogP contribution in [0.15, 0.2) is 36.8 Å². The molecular formula is C23H33FIN7O. The minimum absolute atomic E-state index is 0. The Labute approximate surface area is 212 Å². The first-order valence-electron chi connectivity index (χ1n) is 10.7. The molecule has 3 aromatic rings. The Hall–Kier alpha value is -2.60. The molecule has 0 unspecified atom stereocenters. The van der Waals surface area contributed by atoms with Gasteiger partial charge in [-0.1, -0.05) is 19.9 Å². The number of benzene rings is 1. The minimum Gasteiger partial charge on any atom is -0.388 e. The molecule has 3 N–H and O–H groups in total. The number of nitrogens with zero attached hydrogens (tertiary/aromatic N) is 4. The van der Waals surface area contributed by atoms with E-state index in [9.17, 15) is 9.18 Å². The van der Waals surface area contributed by atoms with Crippen LogP contribution in [0.5, 0.6) is 0 Å². The Morgan fingerprint density at radius 3 is 2.64 bits per heavy atom. The third kappa shape index (κ3) is 5.85. The molecule has 1 aliphatic rings. The Morgan fingerprint density at radius 1 is 1.30 bits per heavy atom. The number of aromatic nitrogens is 3. The fourth-order valence-corrected chi connectivity index (χ4v) is 3.83. The van der Waals surface area contributed by atoms with Gasteiger partial charge >= 0.3 is 0 Å². The summed E-state index contributed by atoms with van der Waals surface area (Å²) in [6, 6.07) is 5.08. The van der Waals surface area contributed by atoms with Gasteiger partial charge in [0.1, 0.15) is 12.0 Å². The zero-order valence-electron chi connectivity index (χ0n) is 19.5. The van der Waals surface area contributed by atoms with E-state index >= 15 is 0 Å². The van der Waals surface area contributed by atoms with Crippen LogP contribution >= 0.6 is 24.0 Å². The number of carbonyl (C=O) groups excluding carboxylic acids is 1. The molecule has 0 spiro atoms. The van der Waals surface area contributed by atoms with E-state index in [1.165, 1.54) is 0 Å². The summed E-state index contributed by atoms with van der Waals surface area (Å²) in [6.07, 6.45) is 4.72. The average Bonchev–Trinajstić information content (AvgIpc) is 3.36. The van der Waals surface area contributed by atoms with Crippen molar-refractivity contribution in [3.63, 3.8) is 0 Å². The van der Waals surface area contributed by atoms with Crippen molar-refractivity contribution in [3.8, 4) is 0 Å². The molecule has 8 nitrogen and oxygen atoms in total. The van der Waals surface area contributed by atoms with Gasteiger partial charge in [-0.25, -0.2) is 14.4 Å². The van der Waals surface area contributed by atoms with Crippen molar-refractivity contribution in [2.24, 2.45) is 0 Å². The summed E-state index contributed by atoms with van der Waals surface area (Å²) in [5, 5.41) is 13.6. The second-order valence-electron chi connectivity index (χ2n) is 7.58. The first-order chi connectivity index (χ1) is 15.4. The van der Waals surface area contributed by atoms with Gasteiger partial charge in [0.2, 0.25) is 0 Å². The molecule has 33 heavy (non-hydrogen) atoms. The summed E-state index contributed by atoms with van der Waals surface area (Å²) >= 11 is 0. The number of hydrogen-bond donors (Lipinski definition) is 3. The van der Waals surface area contributed by atoms with Crippen LogP contribution in [0, 0.1) is 5.41 Å². The number of hydrogen-bond acceptors (Lipinski definition) is 6. The summed E-state index contributed by atoms with van der Waals surface area (Å²) in [7, 11) is 3.64. The van der Waals surface area contributed by atoms with E-state index in [0.717, 1.165) is 11.3 Å². The van der Waals surface area contributed by atoms with Crippen molar-refractivity contribution < 1.29 is 10.6 Å². The monoisotopic (exact) mass is 569 g/mol. The molecule has 2 atom stereocenters. The van der Waals surface area contributed by atoms with E-state index in [1.807, 2.05) is 32.0 Å². The summed E-state index contributed by atoms with van der Waals surface area (Å²) in [5.74, 6) is 0.0848. The van der Waals surface area contributed by atoms with Crippen molar-refractivity contribution in [1.82, 2.24) is 19.3 Å². The number of nitrogens with one attached hydrogen (secondary N) is 3. The number of alkyl halides is 1. The number of carbonyl (C=O) groups is 1. The zero-order chi connectivity index (χ0) is 23.4. The van der Waals surface area contributed by atoms with Crippen molar-refractivity contribution in [1.29, 1.82) is 5.41 Å². The van der Waals surface area contributed by atoms with Crippen molar-refractivity contribution in [2.45, 2.75) is 39.4 Å². The minimum atomic E-state index is -0.844. The molecule has 0 bridgehead atoms. The molecule has 4 rings (SSSR count). The van der Waals surface area contributed by atoms with Gasteiger partial charge in [-0.15, -0.1) is 24.0 Å². The van der Waals surface area contributed by atoms with Crippen molar-refractivity contribution >= 4 is 52.7 Å². The van der Waals surface area contributed by atoms with Crippen molar-refractivity contribution in [2.75, 3.05) is 31.3 Å². The molecule has 2 aromatic heterocycles. The van der Waals surface area contributed by atoms with Crippen LogP contribution in [0.25, 0.3) is 5.65 Å². The van der Waals surface area contributed by atoms with E-state index in [0.29, 0.717) is 41.4 Å². The molecule has 1 fully saturated rings. The first-order valence-corrected chi connectivity index (χ1v) is 10.7. The second-order valence-corrected chi connectivity index (χ2v) is 7.58. The maximum absolute atomic E-state index is 13.7. The second kappa shape index (κ2) is 11.5. The van der Waals surface area contributed by atoms with Gasteiger partial charge in [0.15, 0.2) is 5.65 Å². The standard InChI is InChI=1S/C21H24FN7O.C2H6.HI.H2/c1-12(23)15-5-4-13(6-16(15)24-2)21(30)27-19-11-29-10-17(26-20(29)8-25-19)18-7-14(22)9-28(18)3;1-2;;/h4-6,8,10-11,14,18,23-24H,7,9H2,1-3H3,(H,27,30);1-2H3;2*1H/t14-,18+;;;/m0.../s1. The van der Waals surface area contributed by atoms with Gasteiger partial charge in [0.25, 0.3) is 5.91 Å². The number of likely N-dealkylation sites (tertiary alicyclic amines) is 1. The molecule has 0 aliphatic carbocycles. The third-order valence-corrected chi connectivity index (χ3v) is 5.40. The van der Waals surface area contributed by atoms with Gasteiger partial charge in [0, 0.05) is 50.2 Å². The van der Waals surface area contributed by atoms with Crippen LogP contribution in [0.1, 0.15) is 56.3 Å². The summed E-state index contributed by atoms with van der Waals surface area (Å²) in [5.41, 5.74) is 3.76. The van der Waals surface area contributed by atoms with Crippen LogP contribution in [-0.2, 0) is 0 Å². The first kappa shape index (κ1) is 26.7. The topological polar surface area (TPSA) is 98.4 Å². The predicted molar refractivity (Wildman–Crippen MR) is 143 cm³/mol. The van der Waals surface area contributed by atoms with Crippen molar-refractivity contribution in [3.05, 3.63) is 53.6 Å². The van der Waals surface area contributed by atoms with Crippen LogP contribution in [-0.4, -0.2) is 57.7 Å². The van der Waals surface area contributed by atoms with E-state index in [1.54, 1.807) is 49.0 Å².